The zero-order valence-electron chi connectivity index (χ0n) is 8.84. The monoisotopic (exact) mass is 223 g/mol. The first kappa shape index (κ1) is 12.2. The maximum absolute atomic E-state index is 11.1. The third-order valence-electron chi connectivity index (χ3n) is 2.15. The molecule has 1 rings (SSSR count). The van der Waals surface area contributed by atoms with Crippen molar-refractivity contribution < 1.29 is 19.4 Å². The summed E-state index contributed by atoms with van der Waals surface area (Å²) in [6, 6.07) is 5.80. The van der Waals surface area contributed by atoms with Gasteiger partial charge in [-0.25, -0.2) is 4.79 Å². The topological polar surface area (TPSA) is 89.6 Å². The van der Waals surface area contributed by atoms with Crippen LogP contribution in [0.3, 0.4) is 0 Å². The van der Waals surface area contributed by atoms with Gasteiger partial charge in [0.15, 0.2) is 0 Å². The van der Waals surface area contributed by atoms with Gasteiger partial charge in [0.1, 0.15) is 0 Å². The molecule has 0 spiro atoms. The standard InChI is InChI=1S/C11H13NO4/c1-16-11(15)8-4-2-7(3-5-8)9(12)6-10(13)14/h2-5,9H,6,12H2,1H3,(H,13,14). The fourth-order valence-electron chi connectivity index (χ4n) is 1.29. The number of esters is 1. The summed E-state index contributed by atoms with van der Waals surface area (Å²) >= 11 is 0. The van der Waals surface area contributed by atoms with Gasteiger partial charge in [-0.2, -0.15) is 0 Å². The first-order valence-electron chi connectivity index (χ1n) is 4.70. The number of hydrogen-bond donors (Lipinski definition) is 2. The number of carbonyl (C=O) groups is 2. The summed E-state index contributed by atoms with van der Waals surface area (Å²) < 4.78 is 4.54. The van der Waals surface area contributed by atoms with Crippen LogP contribution in [0.15, 0.2) is 24.3 Å². The second-order valence-electron chi connectivity index (χ2n) is 3.32. The first-order valence-corrected chi connectivity index (χ1v) is 4.70. The predicted molar refractivity (Wildman–Crippen MR) is 57.0 cm³/mol. The number of methoxy groups -OCH3 is 1. The highest BCUT2D eigenvalue weighted by Gasteiger charge is 2.11. The van der Waals surface area contributed by atoms with Crippen molar-refractivity contribution in [3.63, 3.8) is 0 Å². The van der Waals surface area contributed by atoms with Gasteiger partial charge in [0.05, 0.1) is 19.1 Å². The summed E-state index contributed by atoms with van der Waals surface area (Å²) in [7, 11) is 1.30. The third kappa shape index (κ3) is 3.06. The van der Waals surface area contributed by atoms with Crippen LogP contribution in [-0.2, 0) is 9.53 Å². The van der Waals surface area contributed by atoms with Crippen molar-refractivity contribution in [2.75, 3.05) is 7.11 Å². The average Bonchev–Trinajstić information content (AvgIpc) is 2.27. The normalized spacial score (nSPS) is 11.9. The Balaban J connectivity index is 2.78. The van der Waals surface area contributed by atoms with Crippen LogP contribution in [0.25, 0.3) is 0 Å². The SMILES string of the molecule is COC(=O)c1ccc(C(N)CC(=O)O)cc1. The number of carboxylic acid groups (broad SMARTS) is 1. The van der Waals surface area contributed by atoms with E-state index in [2.05, 4.69) is 4.74 Å². The smallest absolute Gasteiger partial charge is 0.337 e. The second-order valence-corrected chi connectivity index (χ2v) is 3.32. The van der Waals surface area contributed by atoms with Gasteiger partial charge in [0.2, 0.25) is 0 Å². The van der Waals surface area contributed by atoms with Crippen LogP contribution in [0.1, 0.15) is 28.4 Å². The number of carboxylic acids is 1. The molecule has 0 fully saturated rings. The Bertz CT molecular complexity index is 385. The molecule has 86 valence electrons. The highest BCUT2D eigenvalue weighted by molar-refractivity contribution is 5.89. The molecule has 16 heavy (non-hydrogen) atoms. The van der Waals surface area contributed by atoms with E-state index in [0.29, 0.717) is 11.1 Å². The highest BCUT2D eigenvalue weighted by atomic mass is 16.5. The zero-order chi connectivity index (χ0) is 12.1. The van der Waals surface area contributed by atoms with Gasteiger partial charge in [0.25, 0.3) is 0 Å². The minimum atomic E-state index is -0.954. The summed E-state index contributed by atoms with van der Waals surface area (Å²) in [5.74, 6) is -1.39. The Morgan fingerprint density at radius 1 is 1.38 bits per heavy atom. The summed E-state index contributed by atoms with van der Waals surface area (Å²) in [4.78, 5) is 21.6. The Hall–Kier alpha value is -1.88. The van der Waals surface area contributed by atoms with Crippen molar-refractivity contribution >= 4 is 11.9 Å². The van der Waals surface area contributed by atoms with Crippen LogP contribution >= 0.6 is 0 Å². The van der Waals surface area contributed by atoms with E-state index in [-0.39, 0.29) is 6.42 Å². The largest absolute Gasteiger partial charge is 0.481 e. The third-order valence-corrected chi connectivity index (χ3v) is 2.15. The lowest BCUT2D eigenvalue weighted by Gasteiger charge is -2.09. The molecule has 1 aromatic rings. The molecule has 0 radical (unpaired) electrons. The van der Waals surface area contributed by atoms with Crippen LogP contribution < -0.4 is 5.73 Å². The van der Waals surface area contributed by atoms with E-state index in [1.54, 1.807) is 24.3 Å². The maximum Gasteiger partial charge on any atom is 0.337 e. The van der Waals surface area contributed by atoms with E-state index in [4.69, 9.17) is 10.8 Å². The maximum atomic E-state index is 11.1. The Morgan fingerprint density at radius 2 is 1.94 bits per heavy atom. The fraction of sp³-hybridized carbons (Fsp3) is 0.273. The van der Waals surface area contributed by atoms with Gasteiger partial charge < -0.3 is 15.6 Å². The molecule has 0 aliphatic heterocycles. The van der Waals surface area contributed by atoms with Crippen molar-refractivity contribution in [1.29, 1.82) is 0 Å². The molecule has 0 amide bonds. The summed E-state index contributed by atoms with van der Waals surface area (Å²) in [5, 5.41) is 8.57. The van der Waals surface area contributed by atoms with Gasteiger partial charge in [-0.05, 0) is 17.7 Å². The van der Waals surface area contributed by atoms with Crippen LogP contribution in [0.2, 0.25) is 0 Å². The van der Waals surface area contributed by atoms with E-state index >= 15 is 0 Å². The highest BCUT2D eigenvalue weighted by Crippen LogP contribution is 2.15. The molecule has 3 N–H and O–H groups in total. The van der Waals surface area contributed by atoms with Crippen LogP contribution in [0.5, 0.6) is 0 Å². The molecular formula is C11H13NO4. The molecule has 0 saturated heterocycles. The van der Waals surface area contributed by atoms with Gasteiger partial charge in [0, 0.05) is 6.04 Å². The molecule has 0 heterocycles. The Labute approximate surface area is 92.8 Å². The van der Waals surface area contributed by atoms with Crippen molar-refractivity contribution in [3.8, 4) is 0 Å². The zero-order valence-corrected chi connectivity index (χ0v) is 8.84. The molecular weight excluding hydrogens is 210 g/mol. The molecule has 0 bridgehead atoms. The lowest BCUT2D eigenvalue weighted by atomic mass is 10.0. The summed E-state index contributed by atoms with van der Waals surface area (Å²) in [5.41, 5.74) is 6.74. The van der Waals surface area contributed by atoms with Crippen molar-refractivity contribution in [2.24, 2.45) is 5.73 Å². The van der Waals surface area contributed by atoms with E-state index in [1.807, 2.05) is 0 Å². The summed E-state index contributed by atoms with van der Waals surface area (Å²) in [6.07, 6.45) is -0.141. The molecule has 1 unspecified atom stereocenters. The lowest BCUT2D eigenvalue weighted by Crippen LogP contribution is -2.15. The van der Waals surface area contributed by atoms with Gasteiger partial charge in [-0.3, -0.25) is 4.79 Å². The van der Waals surface area contributed by atoms with E-state index in [1.165, 1.54) is 7.11 Å². The molecule has 0 saturated carbocycles. The molecule has 0 aliphatic carbocycles. The number of aliphatic carboxylic acids is 1. The Morgan fingerprint density at radius 3 is 2.38 bits per heavy atom. The number of benzene rings is 1. The number of hydrogen-bond acceptors (Lipinski definition) is 4. The minimum absolute atomic E-state index is 0.141. The number of nitrogens with two attached hydrogens (primary N) is 1. The van der Waals surface area contributed by atoms with Gasteiger partial charge >= 0.3 is 11.9 Å². The molecule has 0 aromatic heterocycles. The lowest BCUT2D eigenvalue weighted by molar-refractivity contribution is -0.137. The van der Waals surface area contributed by atoms with Crippen molar-refractivity contribution in [1.82, 2.24) is 0 Å². The summed E-state index contributed by atoms with van der Waals surface area (Å²) in [6.45, 7) is 0. The van der Waals surface area contributed by atoms with Crippen LogP contribution in [0.4, 0.5) is 0 Å². The molecule has 5 heteroatoms. The second kappa shape index (κ2) is 5.27. The van der Waals surface area contributed by atoms with Gasteiger partial charge in [-0.1, -0.05) is 12.1 Å². The van der Waals surface area contributed by atoms with Crippen LogP contribution in [-0.4, -0.2) is 24.2 Å². The average molecular weight is 223 g/mol. The van der Waals surface area contributed by atoms with Crippen molar-refractivity contribution in [2.45, 2.75) is 12.5 Å². The minimum Gasteiger partial charge on any atom is -0.481 e. The molecule has 5 nitrogen and oxygen atoms in total. The quantitative estimate of drug-likeness (QED) is 0.741. The van der Waals surface area contributed by atoms with E-state index in [9.17, 15) is 9.59 Å². The van der Waals surface area contributed by atoms with E-state index < -0.39 is 18.0 Å². The number of carbonyl (C=O) groups excluding carboxylic acids is 1. The Kier molecular flexibility index (Phi) is 4.02. The predicted octanol–water partition coefficient (Wildman–Crippen LogP) is 0.948. The van der Waals surface area contributed by atoms with E-state index in [0.717, 1.165) is 0 Å². The fourth-order valence-corrected chi connectivity index (χ4v) is 1.29. The van der Waals surface area contributed by atoms with Crippen molar-refractivity contribution in [3.05, 3.63) is 35.4 Å². The number of ether oxygens (including phenoxy) is 1. The number of rotatable bonds is 4. The van der Waals surface area contributed by atoms with Gasteiger partial charge in [-0.15, -0.1) is 0 Å². The molecule has 1 atom stereocenters. The van der Waals surface area contributed by atoms with Crippen LogP contribution in [0, 0.1) is 0 Å². The first-order chi connectivity index (χ1) is 7.54. The molecule has 0 aliphatic rings. The molecule has 1 aromatic carbocycles.